The SMILES string of the molecule is CCCNC(C1CCC(C)C(C)C1)C(OCC)OCC. The molecule has 4 atom stereocenters. The second-order valence-electron chi connectivity index (χ2n) is 6.29. The third-order valence-corrected chi connectivity index (χ3v) is 4.73. The monoisotopic (exact) mass is 285 g/mol. The molecule has 1 rings (SSSR count). The van der Waals surface area contributed by atoms with Crippen LogP contribution in [0.2, 0.25) is 0 Å². The van der Waals surface area contributed by atoms with Crippen LogP contribution in [0.4, 0.5) is 0 Å². The highest BCUT2D eigenvalue weighted by Gasteiger charge is 2.35. The van der Waals surface area contributed by atoms with Crippen molar-refractivity contribution in [1.82, 2.24) is 5.32 Å². The molecule has 1 aliphatic carbocycles. The van der Waals surface area contributed by atoms with E-state index < -0.39 is 0 Å². The first-order chi connectivity index (χ1) is 9.63. The lowest BCUT2D eigenvalue weighted by Crippen LogP contribution is -2.50. The molecule has 1 saturated carbocycles. The Kier molecular flexibility index (Phi) is 8.74. The molecule has 120 valence electrons. The van der Waals surface area contributed by atoms with Gasteiger partial charge in [0.15, 0.2) is 6.29 Å². The molecule has 4 unspecified atom stereocenters. The fourth-order valence-electron chi connectivity index (χ4n) is 3.30. The quantitative estimate of drug-likeness (QED) is 0.653. The van der Waals surface area contributed by atoms with Crippen LogP contribution in [-0.4, -0.2) is 32.1 Å². The van der Waals surface area contributed by atoms with Gasteiger partial charge in [0.1, 0.15) is 0 Å². The van der Waals surface area contributed by atoms with Gasteiger partial charge in [-0.15, -0.1) is 0 Å². The van der Waals surface area contributed by atoms with E-state index in [1.807, 2.05) is 0 Å². The molecule has 0 spiro atoms. The van der Waals surface area contributed by atoms with Gasteiger partial charge in [0.2, 0.25) is 0 Å². The van der Waals surface area contributed by atoms with Gasteiger partial charge < -0.3 is 14.8 Å². The van der Waals surface area contributed by atoms with Crippen molar-refractivity contribution >= 4 is 0 Å². The van der Waals surface area contributed by atoms with Gasteiger partial charge in [-0.1, -0.05) is 27.2 Å². The third-order valence-electron chi connectivity index (χ3n) is 4.73. The molecule has 0 amide bonds. The molecule has 1 aliphatic rings. The van der Waals surface area contributed by atoms with Gasteiger partial charge in [0, 0.05) is 13.2 Å². The van der Waals surface area contributed by atoms with E-state index in [0.29, 0.717) is 25.2 Å². The first-order valence-electron chi connectivity index (χ1n) is 8.60. The van der Waals surface area contributed by atoms with Crippen LogP contribution in [0.25, 0.3) is 0 Å². The molecule has 0 aliphatic heterocycles. The predicted octanol–water partition coefficient (Wildman–Crippen LogP) is 3.83. The van der Waals surface area contributed by atoms with Gasteiger partial charge in [0.25, 0.3) is 0 Å². The minimum absolute atomic E-state index is 0.0952. The summed E-state index contributed by atoms with van der Waals surface area (Å²) in [5, 5.41) is 3.69. The standard InChI is InChI=1S/C17H35NO2/c1-6-11-18-16(17(19-7-2)20-8-3)15-10-9-13(4)14(5)12-15/h13-18H,6-12H2,1-5H3. The predicted molar refractivity (Wildman–Crippen MR) is 84.8 cm³/mol. The average molecular weight is 285 g/mol. The number of ether oxygens (including phenoxy) is 2. The fraction of sp³-hybridized carbons (Fsp3) is 1.00. The van der Waals surface area contributed by atoms with E-state index in [0.717, 1.165) is 24.8 Å². The van der Waals surface area contributed by atoms with Gasteiger partial charge in [-0.3, -0.25) is 0 Å². The van der Waals surface area contributed by atoms with Crippen molar-refractivity contribution in [3.05, 3.63) is 0 Å². The largest absolute Gasteiger partial charge is 0.351 e. The first-order valence-corrected chi connectivity index (χ1v) is 8.60. The summed E-state index contributed by atoms with van der Waals surface area (Å²) in [7, 11) is 0. The summed E-state index contributed by atoms with van der Waals surface area (Å²) in [6.07, 6.45) is 4.98. The Morgan fingerprint density at radius 1 is 1.00 bits per heavy atom. The van der Waals surface area contributed by atoms with Gasteiger partial charge in [0.05, 0.1) is 6.04 Å². The van der Waals surface area contributed by atoms with Crippen LogP contribution in [0.1, 0.15) is 60.3 Å². The van der Waals surface area contributed by atoms with E-state index in [1.54, 1.807) is 0 Å². The lowest BCUT2D eigenvalue weighted by molar-refractivity contribution is -0.165. The summed E-state index contributed by atoms with van der Waals surface area (Å²) in [4.78, 5) is 0. The zero-order chi connectivity index (χ0) is 15.0. The fourth-order valence-corrected chi connectivity index (χ4v) is 3.30. The van der Waals surface area contributed by atoms with Crippen LogP contribution in [0, 0.1) is 17.8 Å². The molecule has 1 fully saturated rings. The Hall–Kier alpha value is -0.120. The lowest BCUT2D eigenvalue weighted by atomic mass is 9.73. The minimum Gasteiger partial charge on any atom is -0.351 e. The van der Waals surface area contributed by atoms with Gasteiger partial charge in [-0.25, -0.2) is 0 Å². The Labute approximate surface area is 125 Å². The zero-order valence-corrected chi connectivity index (χ0v) is 14.2. The summed E-state index contributed by atoms with van der Waals surface area (Å²) in [5.74, 6) is 2.34. The summed E-state index contributed by atoms with van der Waals surface area (Å²) in [6, 6.07) is 0.338. The summed E-state index contributed by atoms with van der Waals surface area (Å²) in [5.41, 5.74) is 0. The van der Waals surface area contributed by atoms with Crippen molar-refractivity contribution in [1.29, 1.82) is 0 Å². The minimum atomic E-state index is -0.0952. The number of nitrogens with one attached hydrogen (secondary N) is 1. The number of rotatable bonds is 9. The maximum Gasteiger partial charge on any atom is 0.172 e. The molecular weight excluding hydrogens is 250 g/mol. The Morgan fingerprint density at radius 2 is 1.65 bits per heavy atom. The molecule has 0 aromatic carbocycles. The molecule has 3 nitrogen and oxygen atoms in total. The maximum absolute atomic E-state index is 5.87. The third kappa shape index (κ3) is 5.34. The molecule has 0 heterocycles. The van der Waals surface area contributed by atoms with Gasteiger partial charge in [-0.2, -0.15) is 0 Å². The smallest absolute Gasteiger partial charge is 0.172 e. The van der Waals surface area contributed by atoms with Crippen LogP contribution >= 0.6 is 0 Å². The van der Waals surface area contributed by atoms with Crippen molar-refractivity contribution in [2.75, 3.05) is 19.8 Å². The molecule has 1 N–H and O–H groups in total. The van der Waals surface area contributed by atoms with Gasteiger partial charge >= 0.3 is 0 Å². The molecule has 0 aromatic rings. The van der Waals surface area contributed by atoms with Gasteiger partial charge in [-0.05, 0) is 57.4 Å². The average Bonchev–Trinajstić information content (AvgIpc) is 2.43. The first kappa shape index (κ1) is 17.9. The summed E-state index contributed by atoms with van der Waals surface area (Å²) >= 11 is 0. The van der Waals surface area contributed by atoms with Crippen LogP contribution in [0.5, 0.6) is 0 Å². The van der Waals surface area contributed by atoms with Crippen molar-refractivity contribution in [3.63, 3.8) is 0 Å². The highest BCUT2D eigenvalue weighted by molar-refractivity contribution is 4.86. The van der Waals surface area contributed by atoms with Crippen LogP contribution in [0.15, 0.2) is 0 Å². The van der Waals surface area contributed by atoms with Crippen molar-refractivity contribution in [3.8, 4) is 0 Å². The molecule has 0 saturated heterocycles. The van der Waals surface area contributed by atoms with E-state index in [1.165, 1.54) is 19.3 Å². The molecular formula is C17H35NO2. The van der Waals surface area contributed by atoms with E-state index in [4.69, 9.17) is 9.47 Å². The van der Waals surface area contributed by atoms with Crippen LogP contribution in [0.3, 0.4) is 0 Å². The Bertz CT molecular complexity index is 241. The van der Waals surface area contributed by atoms with E-state index >= 15 is 0 Å². The van der Waals surface area contributed by atoms with Crippen molar-refractivity contribution in [2.24, 2.45) is 17.8 Å². The topological polar surface area (TPSA) is 30.5 Å². The van der Waals surface area contributed by atoms with E-state index in [-0.39, 0.29) is 6.29 Å². The normalized spacial score (nSPS) is 28.8. The highest BCUT2D eigenvalue weighted by Crippen LogP contribution is 2.36. The van der Waals surface area contributed by atoms with Crippen LogP contribution in [-0.2, 0) is 9.47 Å². The van der Waals surface area contributed by atoms with E-state index in [2.05, 4.69) is 39.9 Å². The highest BCUT2D eigenvalue weighted by atomic mass is 16.7. The second-order valence-corrected chi connectivity index (χ2v) is 6.29. The second kappa shape index (κ2) is 9.75. The van der Waals surface area contributed by atoms with Crippen molar-refractivity contribution in [2.45, 2.75) is 72.6 Å². The zero-order valence-electron chi connectivity index (χ0n) is 14.2. The Balaban J connectivity index is 2.70. The molecule has 20 heavy (non-hydrogen) atoms. The molecule has 0 bridgehead atoms. The van der Waals surface area contributed by atoms with Crippen LogP contribution < -0.4 is 5.32 Å². The molecule has 0 aromatic heterocycles. The van der Waals surface area contributed by atoms with Crippen molar-refractivity contribution < 1.29 is 9.47 Å². The van der Waals surface area contributed by atoms with E-state index in [9.17, 15) is 0 Å². The summed E-state index contributed by atoms with van der Waals surface area (Å²) < 4.78 is 11.7. The number of hydrogen-bond acceptors (Lipinski definition) is 3. The number of hydrogen-bond donors (Lipinski definition) is 1. The summed E-state index contributed by atoms with van der Waals surface area (Å²) in [6.45, 7) is 13.6. The maximum atomic E-state index is 5.87. The Morgan fingerprint density at radius 3 is 2.15 bits per heavy atom. The lowest BCUT2D eigenvalue weighted by Gasteiger charge is -2.40. The molecule has 0 radical (unpaired) electrons. The molecule has 3 heteroatoms.